The summed E-state index contributed by atoms with van der Waals surface area (Å²) in [7, 11) is 0. The van der Waals surface area contributed by atoms with Gasteiger partial charge in [-0.2, -0.15) is 0 Å². The van der Waals surface area contributed by atoms with E-state index in [0.29, 0.717) is 0 Å². The van der Waals surface area contributed by atoms with Crippen molar-refractivity contribution in [3.63, 3.8) is 0 Å². The summed E-state index contributed by atoms with van der Waals surface area (Å²) in [5.74, 6) is 2.57. The first-order chi connectivity index (χ1) is 30.2. The summed E-state index contributed by atoms with van der Waals surface area (Å²) >= 11 is 0. The van der Waals surface area contributed by atoms with Crippen molar-refractivity contribution in [2.45, 2.75) is 122 Å². The van der Waals surface area contributed by atoms with Crippen LogP contribution in [-0.4, -0.2) is 6.71 Å². The molecular formula is C58H61BN2O. The largest absolute Gasteiger partial charge is 0.456 e. The number of fused-ring (bicyclic) bond motifs is 8. The van der Waals surface area contributed by atoms with Crippen LogP contribution in [0.5, 0.6) is 0 Å². The Bertz CT molecular complexity index is 2820. The van der Waals surface area contributed by atoms with E-state index in [2.05, 4.69) is 160 Å². The summed E-state index contributed by atoms with van der Waals surface area (Å²) in [6, 6.07) is 45.6. The highest BCUT2D eigenvalue weighted by Gasteiger charge is 2.53. The highest BCUT2D eigenvalue weighted by atomic mass is 16.3. The highest BCUT2D eigenvalue weighted by molar-refractivity contribution is 7.00. The van der Waals surface area contributed by atoms with Gasteiger partial charge < -0.3 is 14.2 Å². The van der Waals surface area contributed by atoms with Crippen LogP contribution >= 0.6 is 0 Å². The number of anilines is 6. The van der Waals surface area contributed by atoms with Gasteiger partial charge in [0, 0.05) is 33.8 Å². The monoisotopic (exact) mass is 812 g/mol. The van der Waals surface area contributed by atoms with Gasteiger partial charge in [0.05, 0.1) is 11.1 Å². The minimum atomic E-state index is 0.0000267. The summed E-state index contributed by atoms with van der Waals surface area (Å²) < 4.78 is 6.76. The van der Waals surface area contributed by atoms with Crippen molar-refractivity contribution in [2.24, 2.45) is 17.8 Å². The van der Waals surface area contributed by atoms with Crippen molar-refractivity contribution < 1.29 is 4.42 Å². The lowest BCUT2D eigenvalue weighted by atomic mass is 9.33. The van der Waals surface area contributed by atoms with Crippen LogP contribution in [0, 0.1) is 17.8 Å². The van der Waals surface area contributed by atoms with E-state index in [4.69, 9.17) is 4.42 Å². The Morgan fingerprint density at radius 3 is 1.82 bits per heavy atom. The normalized spacial score (nSPS) is 22.1. The molecule has 4 bridgehead atoms. The summed E-state index contributed by atoms with van der Waals surface area (Å²) in [6.07, 6.45) is 15.4. The van der Waals surface area contributed by atoms with Gasteiger partial charge in [-0.1, -0.05) is 108 Å². The molecule has 3 nitrogen and oxygen atoms in total. The van der Waals surface area contributed by atoms with Crippen LogP contribution in [0.25, 0.3) is 21.9 Å². The van der Waals surface area contributed by atoms with E-state index < -0.39 is 0 Å². The Morgan fingerprint density at radius 1 is 0.613 bits per heavy atom. The van der Waals surface area contributed by atoms with Crippen molar-refractivity contribution in [2.75, 3.05) is 9.80 Å². The van der Waals surface area contributed by atoms with Crippen molar-refractivity contribution >= 4 is 79.2 Å². The smallest absolute Gasteiger partial charge is 0.252 e. The van der Waals surface area contributed by atoms with Gasteiger partial charge in [0.25, 0.3) is 6.71 Å². The molecular weight excluding hydrogens is 751 g/mol. The molecule has 4 heteroatoms. The van der Waals surface area contributed by atoms with Gasteiger partial charge in [-0.05, 0) is 186 Å². The molecule has 1 aromatic heterocycles. The minimum absolute atomic E-state index is 0.0000267. The Hall–Kier alpha value is -5.22. The molecule has 0 radical (unpaired) electrons. The lowest BCUT2D eigenvalue weighted by Crippen LogP contribution is -2.61. The zero-order valence-corrected chi connectivity index (χ0v) is 37.6. The average Bonchev–Trinajstić information content (AvgIpc) is 3.66. The number of furan rings is 1. The molecule has 0 atom stereocenters. The van der Waals surface area contributed by atoms with E-state index in [0.717, 1.165) is 41.8 Å². The second-order valence-electron chi connectivity index (χ2n) is 21.3. The van der Waals surface area contributed by atoms with Crippen LogP contribution < -0.4 is 26.2 Å². The molecule has 312 valence electrons. The fraction of sp³-hybridized carbons (Fsp3) is 0.379. The zero-order valence-electron chi connectivity index (χ0n) is 37.6. The fourth-order valence-corrected chi connectivity index (χ4v) is 13.5. The van der Waals surface area contributed by atoms with Gasteiger partial charge in [-0.25, -0.2) is 0 Å². The van der Waals surface area contributed by atoms with Crippen LogP contribution in [-0.2, 0) is 23.7 Å². The molecule has 0 saturated heterocycles. The van der Waals surface area contributed by atoms with E-state index in [1.165, 1.54) is 142 Å². The van der Waals surface area contributed by atoms with Crippen LogP contribution in [0.15, 0.2) is 120 Å². The third-order valence-electron chi connectivity index (χ3n) is 16.1. The van der Waals surface area contributed by atoms with Crippen LogP contribution in [0.2, 0.25) is 0 Å². The number of unbranched alkanes of at least 4 members (excludes halogenated alkanes) is 2. The standard InChI is InChI=1S/C58H61BN2O/c1-6-8-12-37-16-21-44(22-17-37)60-49-26-20-42(57(3,4)5)31-48(49)59-47-25-27-53-54(46-14-10-11-15-52(46)62-53)56(47)61(45-23-18-38(19-24-45)13-9-7-2)51-33-43(32-50(60)55(51)59)58-34-39-28-40(35-58)30-41(29-39)36-58/h10-11,14-27,31-33,39-41H,6-9,12-13,28-30,34-36H2,1-5H3. The molecule has 13 rings (SSSR count). The van der Waals surface area contributed by atoms with Crippen LogP contribution in [0.1, 0.15) is 121 Å². The second kappa shape index (κ2) is 14.4. The molecule has 7 aromatic rings. The molecule has 0 unspecified atom stereocenters. The van der Waals surface area contributed by atoms with E-state index in [1.54, 1.807) is 5.56 Å². The fourth-order valence-electron chi connectivity index (χ4n) is 13.5. The Balaban J connectivity index is 1.18. The lowest BCUT2D eigenvalue weighted by molar-refractivity contribution is -0.00514. The van der Waals surface area contributed by atoms with Gasteiger partial charge in [-0.3, -0.25) is 0 Å². The Morgan fingerprint density at radius 2 is 1.21 bits per heavy atom. The molecule has 4 fully saturated rings. The number of nitrogens with zero attached hydrogens (tertiary/aromatic N) is 2. The summed E-state index contributed by atoms with van der Waals surface area (Å²) in [6.45, 7) is 11.7. The molecule has 0 spiro atoms. The number of para-hydroxylation sites is 1. The molecule has 0 N–H and O–H groups in total. The summed E-state index contributed by atoms with van der Waals surface area (Å²) in [5.41, 5.74) is 19.9. The van der Waals surface area contributed by atoms with Crippen LogP contribution in [0.4, 0.5) is 34.1 Å². The number of rotatable bonds is 9. The minimum Gasteiger partial charge on any atom is -0.456 e. The lowest BCUT2D eigenvalue weighted by Gasteiger charge is -2.57. The van der Waals surface area contributed by atoms with Gasteiger partial charge in [0.1, 0.15) is 11.2 Å². The van der Waals surface area contributed by atoms with Gasteiger partial charge >= 0.3 is 0 Å². The van der Waals surface area contributed by atoms with Crippen LogP contribution in [0.3, 0.4) is 0 Å². The molecule has 6 aromatic carbocycles. The predicted molar refractivity (Wildman–Crippen MR) is 264 cm³/mol. The average molecular weight is 813 g/mol. The molecule has 3 heterocycles. The van der Waals surface area contributed by atoms with Gasteiger partial charge in [-0.15, -0.1) is 0 Å². The van der Waals surface area contributed by atoms with E-state index in [1.807, 2.05) is 0 Å². The first kappa shape index (κ1) is 38.5. The topological polar surface area (TPSA) is 19.6 Å². The van der Waals surface area contributed by atoms with Gasteiger partial charge in [0.2, 0.25) is 0 Å². The number of aryl methyl sites for hydroxylation is 2. The van der Waals surface area contributed by atoms with E-state index in [-0.39, 0.29) is 17.5 Å². The Labute approximate surface area is 369 Å². The van der Waals surface area contributed by atoms with Crippen molar-refractivity contribution in [3.05, 3.63) is 138 Å². The Kier molecular flexibility index (Phi) is 8.94. The summed E-state index contributed by atoms with van der Waals surface area (Å²) in [4.78, 5) is 5.36. The predicted octanol–water partition coefficient (Wildman–Crippen LogP) is 14.1. The maximum atomic E-state index is 6.76. The first-order valence-electron chi connectivity index (χ1n) is 24.2. The molecule has 2 aliphatic heterocycles. The molecule has 4 aliphatic carbocycles. The summed E-state index contributed by atoms with van der Waals surface area (Å²) in [5, 5.41) is 2.41. The number of hydrogen-bond acceptors (Lipinski definition) is 3. The number of hydrogen-bond donors (Lipinski definition) is 0. The number of benzene rings is 6. The first-order valence-corrected chi connectivity index (χ1v) is 24.2. The quantitative estimate of drug-likeness (QED) is 0.135. The molecule has 6 aliphatic rings. The third-order valence-corrected chi connectivity index (χ3v) is 16.1. The molecule has 62 heavy (non-hydrogen) atoms. The maximum absolute atomic E-state index is 6.76. The zero-order chi connectivity index (χ0) is 41.9. The third kappa shape index (κ3) is 5.98. The van der Waals surface area contributed by atoms with E-state index >= 15 is 0 Å². The SMILES string of the molecule is CCCCc1ccc(N2c3ccc(C(C)(C)C)cc3B3c4ccc5oc6ccccc6c5c4N(c4ccc(CCCC)cc4)c4cc(C56CC7CC(CC(C7)C5)C6)cc2c43)cc1. The van der Waals surface area contributed by atoms with Gasteiger partial charge in [0.15, 0.2) is 0 Å². The van der Waals surface area contributed by atoms with Crippen molar-refractivity contribution in [1.29, 1.82) is 0 Å². The van der Waals surface area contributed by atoms with E-state index in [9.17, 15) is 0 Å². The maximum Gasteiger partial charge on any atom is 0.252 e. The molecule has 0 amide bonds. The second-order valence-corrected chi connectivity index (χ2v) is 21.3. The molecule has 4 saturated carbocycles. The van der Waals surface area contributed by atoms with Crippen molar-refractivity contribution in [1.82, 2.24) is 0 Å². The highest BCUT2D eigenvalue weighted by Crippen LogP contribution is 2.62. The van der Waals surface area contributed by atoms with Crippen molar-refractivity contribution in [3.8, 4) is 0 Å².